The van der Waals surface area contributed by atoms with Crippen molar-refractivity contribution in [3.05, 3.63) is 23.8 Å². The van der Waals surface area contributed by atoms with E-state index in [1.54, 1.807) is 0 Å². The van der Waals surface area contributed by atoms with Crippen LogP contribution in [0.5, 0.6) is 0 Å². The molecule has 0 aliphatic carbocycles. The van der Waals surface area contributed by atoms with Gasteiger partial charge in [-0.1, -0.05) is 6.07 Å². The Bertz CT molecular complexity index is 869. The predicted molar refractivity (Wildman–Crippen MR) is 116 cm³/mol. The minimum absolute atomic E-state index is 0. The summed E-state index contributed by atoms with van der Waals surface area (Å²) in [5.41, 5.74) is 1.95. The highest BCUT2D eigenvalue weighted by atomic mass is 35.5. The molecule has 2 N–H and O–H groups in total. The molecule has 2 bridgehead atoms. The number of halogens is 1. The summed E-state index contributed by atoms with van der Waals surface area (Å²) in [6.45, 7) is 9.43. The molecule has 2 aromatic rings. The maximum atomic E-state index is 13.1. The molecule has 4 fully saturated rings. The van der Waals surface area contributed by atoms with E-state index in [1.807, 2.05) is 18.2 Å². The number of carbonyl (C=O) groups excluding carboxylic acids is 1. The van der Waals surface area contributed by atoms with Gasteiger partial charge in [0.15, 0.2) is 5.58 Å². The van der Waals surface area contributed by atoms with Gasteiger partial charge in [-0.25, -0.2) is 0 Å². The lowest BCUT2D eigenvalue weighted by Crippen LogP contribution is -2.57. The highest BCUT2D eigenvalue weighted by Gasteiger charge is 2.35. The van der Waals surface area contributed by atoms with E-state index >= 15 is 0 Å². The standard InChI is InChI=1S/C21H29N5O2.ClH/c1-13-10-22-11-14(2)26(13)21-24-19-16(4-3-5-18(19)28-21)20(27)23-17-12-25-8-6-15(17)7-9-25;/h3-5,13-15,17,22H,6-12H2,1-2H3,(H,23,27);1H/t13-,14-,17?;/m0./s1. The zero-order valence-electron chi connectivity index (χ0n) is 17.1. The summed E-state index contributed by atoms with van der Waals surface area (Å²) in [6.07, 6.45) is 2.37. The molecule has 1 aromatic heterocycles. The van der Waals surface area contributed by atoms with Gasteiger partial charge in [0, 0.05) is 37.8 Å². The Labute approximate surface area is 177 Å². The Morgan fingerprint density at radius 1 is 1.21 bits per heavy atom. The molecule has 4 saturated heterocycles. The second-order valence-corrected chi connectivity index (χ2v) is 8.63. The van der Waals surface area contributed by atoms with Gasteiger partial charge in [-0.15, -0.1) is 12.4 Å². The summed E-state index contributed by atoms with van der Waals surface area (Å²) >= 11 is 0. The van der Waals surface area contributed by atoms with Crippen LogP contribution in [0.2, 0.25) is 0 Å². The molecule has 8 heteroatoms. The third-order valence-corrected chi connectivity index (χ3v) is 6.68. The number of nitrogens with zero attached hydrogens (tertiary/aromatic N) is 3. The van der Waals surface area contributed by atoms with Gasteiger partial charge < -0.3 is 24.9 Å². The largest absolute Gasteiger partial charge is 0.423 e. The number of hydrogen-bond donors (Lipinski definition) is 2. The summed E-state index contributed by atoms with van der Waals surface area (Å²) in [5, 5.41) is 6.71. The number of fused-ring (bicyclic) bond motifs is 4. The third-order valence-electron chi connectivity index (χ3n) is 6.68. The number of nitrogens with one attached hydrogen (secondary N) is 2. The average molecular weight is 420 g/mol. The van der Waals surface area contributed by atoms with Crippen molar-refractivity contribution in [1.29, 1.82) is 0 Å². The fraction of sp³-hybridized carbons (Fsp3) is 0.619. The number of anilines is 1. The Morgan fingerprint density at radius 2 is 1.93 bits per heavy atom. The second-order valence-electron chi connectivity index (χ2n) is 8.63. The number of benzene rings is 1. The maximum Gasteiger partial charge on any atom is 0.298 e. The number of oxazole rings is 1. The fourth-order valence-corrected chi connectivity index (χ4v) is 5.11. The van der Waals surface area contributed by atoms with Crippen molar-refractivity contribution in [2.24, 2.45) is 5.92 Å². The van der Waals surface area contributed by atoms with Crippen LogP contribution >= 0.6 is 12.4 Å². The topological polar surface area (TPSA) is 73.6 Å². The molecular formula is C21H30ClN5O2. The Morgan fingerprint density at radius 3 is 2.59 bits per heavy atom. The third kappa shape index (κ3) is 3.71. The second kappa shape index (κ2) is 8.13. The van der Waals surface area contributed by atoms with Crippen molar-refractivity contribution in [2.45, 2.75) is 44.8 Å². The first kappa shape index (κ1) is 20.4. The minimum Gasteiger partial charge on any atom is -0.423 e. The molecule has 29 heavy (non-hydrogen) atoms. The summed E-state index contributed by atoms with van der Waals surface area (Å²) < 4.78 is 6.08. The molecule has 0 spiro atoms. The van der Waals surface area contributed by atoms with Crippen LogP contribution in [-0.2, 0) is 0 Å². The quantitative estimate of drug-likeness (QED) is 0.795. The van der Waals surface area contributed by atoms with E-state index in [1.165, 1.54) is 25.9 Å². The number of rotatable bonds is 3. The van der Waals surface area contributed by atoms with E-state index in [-0.39, 0.29) is 24.4 Å². The number of hydrogen-bond acceptors (Lipinski definition) is 6. The van der Waals surface area contributed by atoms with Crippen molar-refractivity contribution in [2.75, 3.05) is 37.6 Å². The molecule has 4 aliphatic rings. The average Bonchev–Trinajstić information content (AvgIpc) is 3.12. The number of aromatic nitrogens is 1. The van der Waals surface area contributed by atoms with Crippen molar-refractivity contribution >= 4 is 35.4 Å². The van der Waals surface area contributed by atoms with Crippen LogP contribution in [0.25, 0.3) is 11.1 Å². The zero-order chi connectivity index (χ0) is 19.3. The first-order valence-electron chi connectivity index (χ1n) is 10.5. The molecule has 6 rings (SSSR count). The summed E-state index contributed by atoms with van der Waals surface area (Å²) in [5.74, 6) is 0.564. The Kier molecular flexibility index (Phi) is 5.73. The SMILES string of the molecule is C[C@H]1CNC[C@H](C)N1c1nc2c(C(=O)NC3CN4CCC3CC4)cccc2o1.Cl. The number of piperazine rings is 1. The smallest absolute Gasteiger partial charge is 0.298 e. The lowest BCUT2D eigenvalue weighted by atomic mass is 9.84. The van der Waals surface area contributed by atoms with E-state index in [0.29, 0.717) is 40.7 Å². The summed E-state index contributed by atoms with van der Waals surface area (Å²) in [7, 11) is 0. The zero-order valence-corrected chi connectivity index (χ0v) is 17.9. The first-order valence-corrected chi connectivity index (χ1v) is 10.5. The lowest BCUT2D eigenvalue weighted by molar-refractivity contribution is 0.0621. The van der Waals surface area contributed by atoms with Crippen molar-refractivity contribution < 1.29 is 9.21 Å². The van der Waals surface area contributed by atoms with Crippen LogP contribution in [0.15, 0.2) is 22.6 Å². The molecule has 3 atom stereocenters. The van der Waals surface area contributed by atoms with Crippen LogP contribution in [0.3, 0.4) is 0 Å². The fourth-order valence-electron chi connectivity index (χ4n) is 5.11. The molecule has 4 aliphatic heterocycles. The van der Waals surface area contributed by atoms with Gasteiger partial charge in [-0.05, 0) is 57.8 Å². The number of amides is 1. The molecule has 1 aromatic carbocycles. The van der Waals surface area contributed by atoms with E-state index in [4.69, 9.17) is 9.40 Å². The van der Waals surface area contributed by atoms with E-state index in [9.17, 15) is 4.79 Å². The molecule has 7 nitrogen and oxygen atoms in total. The van der Waals surface area contributed by atoms with Gasteiger partial charge in [0.2, 0.25) is 0 Å². The van der Waals surface area contributed by atoms with Crippen LogP contribution < -0.4 is 15.5 Å². The predicted octanol–water partition coefficient (Wildman–Crippen LogP) is 2.26. The van der Waals surface area contributed by atoms with Crippen LogP contribution in [-0.4, -0.2) is 66.6 Å². The van der Waals surface area contributed by atoms with Crippen molar-refractivity contribution in [3.63, 3.8) is 0 Å². The summed E-state index contributed by atoms with van der Waals surface area (Å²) in [6, 6.07) is 7.07. The number of para-hydroxylation sites is 1. The monoisotopic (exact) mass is 419 g/mol. The maximum absolute atomic E-state index is 13.1. The molecule has 0 saturated carbocycles. The molecule has 1 amide bonds. The first-order chi connectivity index (χ1) is 13.6. The van der Waals surface area contributed by atoms with E-state index in [0.717, 1.165) is 19.6 Å². The van der Waals surface area contributed by atoms with Gasteiger partial charge in [0.1, 0.15) is 5.52 Å². The molecule has 1 unspecified atom stereocenters. The highest BCUT2D eigenvalue weighted by molar-refractivity contribution is 6.04. The van der Waals surface area contributed by atoms with Gasteiger partial charge in [0.05, 0.1) is 5.56 Å². The molecule has 158 valence electrons. The van der Waals surface area contributed by atoms with Gasteiger partial charge in [0.25, 0.3) is 11.9 Å². The van der Waals surface area contributed by atoms with Crippen LogP contribution in [0, 0.1) is 5.92 Å². The molecular weight excluding hydrogens is 390 g/mol. The van der Waals surface area contributed by atoms with Crippen LogP contribution in [0.4, 0.5) is 6.01 Å². The molecule has 0 radical (unpaired) electrons. The number of piperidine rings is 3. The van der Waals surface area contributed by atoms with Gasteiger partial charge >= 0.3 is 0 Å². The van der Waals surface area contributed by atoms with Crippen molar-refractivity contribution in [3.8, 4) is 0 Å². The van der Waals surface area contributed by atoms with Gasteiger partial charge in [-0.2, -0.15) is 4.98 Å². The Balaban J connectivity index is 0.00000205. The van der Waals surface area contributed by atoms with Crippen LogP contribution in [0.1, 0.15) is 37.0 Å². The van der Waals surface area contributed by atoms with Crippen molar-refractivity contribution in [1.82, 2.24) is 20.5 Å². The molecule has 5 heterocycles. The summed E-state index contributed by atoms with van der Waals surface area (Å²) in [4.78, 5) is 22.5. The lowest BCUT2D eigenvalue weighted by Gasteiger charge is -2.44. The number of carbonyl (C=O) groups is 1. The highest BCUT2D eigenvalue weighted by Crippen LogP contribution is 2.30. The van der Waals surface area contributed by atoms with E-state index < -0.39 is 0 Å². The normalized spacial score (nSPS) is 31.5. The van der Waals surface area contributed by atoms with E-state index in [2.05, 4.69) is 34.3 Å². The minimum atomic E-state index is -0.0365. The Hall–Kier alpha value is -1.83. The van der Waals surface area contributed by atoms with Gasteiger partial charge in [-0.3, -0.25) is 4.79 Å².